The maximum Gasteiger partial charge on any atom is 0.410 e. The van der Waals surface area contributed by atoms with Gasteiger partial charge in [-0.2, -0.15) is 0 Å². The topological polar surface area (TPSA) is 49.9 Å². The van der Waals surface area contributed by atoms with E-state index in [1.807, 2.05) is 27.0 Å². The largest absolute Gasteiger partial charge is 0.444 e. The van der Waals surface area contributed by atoms with E-state index < -0.39 is 5.60 Å². The molecule has 0 N–H and O–H groups in total. The first-order chi connectivity index (χ1) is 12.7. The molecule has 0 unspecified atom stereocenters. The first kappa shape index (κ1) is 21.3. The van der Waals surface area contributed by atoms with Gasteiger partial charge in [-0.05, 0) is 65.9 Å². The molecule has 150 valence electrons. The van der Waals surface area contributed by atoms with E-state index in [0.29, 0.717) is 13.1 Å². The van der Waals surface area contributed by atoms with Gasteiger partial charge in [-0.3, -0.25) is 4.79 Å². The number of carbonyl (C=O) groups excluding carboxylic acids is 2. The number of rotatable bonds is 4. The highest BCUT2D eigenvalue weighted by atomic mass is 16.6. The Morgan fingerprint density at radius 2 is 2.00 bits per heavy atom. The molecule has 1 atom stereocenters. The van der Waals surface area contributed by atoms with Crippen LogP contribution in [0.1, 0.15) is 59.8 Å². The smallest absolute Gasteiger partial charge is 0.410 e. The monoisotopic (exact) mass is 374 g/mol. The normalized spacial score (nSPS) is 22.8. The van der Waals surface area contributed by atoms with Crippen LogP contribution >= 0.6 is 0 Å². The van der Waals surface area contributed by atoms with Gasteiger partial charge < -0.3 is 14.5 Å². The molecule has 2 rings (SSSR count). The second-order valence-electron chi connectivity index (χ2n) is 8.41. The Morgan fingerprint density at radius 1 is 1.22 bits per heavy atom. The van der Waals surface area contributed by atoms with Crippen molar-refractivity contribution in [2.75, 3.05) is 19.6 Å². The van der Waals surface area contributed by atoms with E-state index in [1.54, 1.807) is 17.9 Å². The Bertz CT molecular complexity index is 614. The van der Waals surface area contributed by atoms with Gasteiger partial charge in [-0.1, -0.05) is 23.8 Å². The molecule has 0 fully saturated rings. The molecule has 2 aliphatic rings. The minimum absolute atomic E-state index is 0.0628. The van der Waals surface area contributed by atoms with E-state index in [0.717, 1.165) is 32.2 Å². The molecule has 0 saturated carbocycles. The van der Waals surface area contributed by atoms with Crippen LogP contribution in [-0.4, -0.2) is 53.0 Å². The fourth-order valence-electron chi connectivity index (χ4n) is 3.37. The molecule has 0 bridgehead atoms. The van der Waals surface area contributed by atoms with Crippen molar-refractivity contribution < 1.29 is 14.3 Å². The van der Waals surface area contributed by atoms with Crippen LogP contribution in [0.2, 0.25) is 0 Å². The maximum atomic E-state index is 12.4. The zero-order valence-electron chi connectivity index (χ0n) is 17.2. The lowest BCUT2D eigenvalue weighted by Gasteiger charge is -2.34. The second kappa shape index (κ2) is 9.77. The van der Waals surface area contributed by atoms with Crippen LogP contribution in [0.4, 0.5) is 4.79 Å². The molecule has 1 amide bonds. The second-order valence-corrected chi connectivity index (χ2v) is 8.41. The molecular formula is C22H34N2O3. The van der Waals surface area contributed by atoms with Crippen molar-refractivity contribution in [2.24, 2.45) is 0 Å². The maximum absolute atomic E-state index is 12.4. The van der Waals surface area contributed by atoms with Crippen molar-refractivity contribution >= 4 is 11.9 Å². The van der Waals surface area contributed by atoms with Crippen LogP contribution in [0, 0.1) is 0 Å². The minimum atomic E-state index is -0.477. The Morgan fingerprint density at radius 3 is 2.70 bits per heavy atom. The average Bonchev–Trinajstić information content (AvgIpc) is 2.55. The predicted octanol–water partition coefficient (Wildman–Crippen LogP) is 4.46. The molecule has 0 spiro atoms. The molecule has 2 aliphatic heterocycles. The quantitative estimate of drug-likeness (QED) is 0.539. The van der Waals surface area contributed by atoms with E-state index >= 15 is 0 Å². The van der Waals surface area contributed by atoms with Gasteiger partial charge in [0.05, 0.1) is 6.04 Å². The third-order valence-electron chi connectivity index (χ3n) is 4.67. The van der Waals surface area contributed by atoms with E-state index in [1.165, 1.54) is 12.0 Å². The number of ether oxygens (including phenoxy) is 1. The number of allylic oxidation sites excluding steroid dienone is 2. The first-order valence-corrected chi connectivity index (χ1v) is 10.0. The van der Waals surface area contributed by atoms with Crippen LogP contribution in [0.15, 0.2) is 36.1 Å². The van der Waals surface area contributed by atoms with Crippen molar-refractivity contribution in [1.82, 2.24) is 9.80 Å². The molecule has 0 aromatic carbocycles. The summed E-state index contributed by atoms with van der Waals surface area (Å²) in [6.07, 6.45) is 15.2. The zero-order chi connectivity index (χ0) is 19.9. The summed E-state index contributed by atoms with van der Waals surface area (Å²) in [4.78, 5) is 27.8. The van der Waals surface area contributed by atoms with Crippen molar-refractivity contribution in [3.8, 4) is 0 Å². The van der Waals surface area contributed by atoms with Crippen molar-refractivity contribution in [2.45, 2.75) is 71.4 Å². The van der Waals surface area contributed by atoms with Crippen LogP contribution in [-0.2, 0) is 9.53 Å². The molecule has 0 aromatic heterocycles. The standard InChI is InChI=1S/C22H34N2O3/c1-18(25)12-15-23-13-8-6-5-7-11-20(23)16-19-10-9-14-24(17-19)21(26)27-22(2,3)4/h7,10-12,15,20H,5-6,8-9,13-14,16-17H2,1-4H3/b11-7-,15-12+/t20-/m0/s1. The van der Waals surface area contributed by atoms with Gasteiger partial charge in [0.2, 0.25) is 0 Å². The summed E-state index contributed by atoms with van der Waals surface area (Å²) < 4.78 is 5.52. The highest BCUT2D eigenvalue weighted by molar-refractivity contribution is 5.87. The molecule has 0 radical (unpaired) electrons. The molecule has 0 aromatic rings. The van der Waals surface area contributed by atoms with Gasteiger partial charge in [-0.15, -0.1) is 0 Å². The highest BCUT2D eigenvalue weighted by Gasteiger charge is 2.25. The summed E-state index contributed by atoms with van der Waals surface area (Å²) in [6.45, 7) is 9.52. The van der Waals surface area contributed by atoms with E-state index in [4.69, 9.17) is 4.74 Å². The Kier molecular flexibility index (Phi) is 7.69. The summed E-state index contributed by atoms with van der Waals surface area (Å²) in [7, 11) is 0. The number of carbonyl (C=O) groups is 2. The average molecular weight is 375 g/mol. The lowest BCUT2D eigenvalue weighted by molar-refractivity contribution is -0.112. The zero-order valence-corrected chi connectivity index (χ0v) is 17.2. The minimum Gasteiger partial charge on any atom is -0.444 e. The molecule has 27 heavy (non-hydrogen) atoms. The molecule has 0 saturated heterocycles. The van der Waals surface area contributed by atoms with Crippen LogP contribution in [0.3, 0.4) is 0 Å². The molecule has 2 heterocycles. The molecule has 5 nitrogen and oxygen atoms in total. The number of hydrogen-bond acceptors (Lipinski definition) is 4. The Hall–Kier alpha value is -2.04. The number of hydrogen-bond donors (Lipinski definition) is 0. The van der Waals surface area contributed by atoms with Gasteiger partial charge in [0.1, 0.15) is 5.60 Å². The van der Waals surface area contributed by atoms with Crippen molar-refractivity contribution in [3.05, 3.63) is 36.1 Å². The molecular weight excluding hydrogens is 340 g/mol. The van der Waals surface area contributed by atoms with Gasteiger partial charge in [0.25, 0.3) is 0 Å². The van der Waals surface area contributed by atoms with Crippen LogP contribution in [0.5, 0.6) is 0 Å². The van der Waals surface area contributed by atoms with Gasteiger partial charge >= 0.3 is 6.09 Å². The number of ketones is 1. The third kappa shape index (κ3) is 7.61. The molecule has 5 heteroatoms. The summed E-state index contributed by atoms with van der Waals surface area (Å²) in [5.41, 5.74) is 0.776. The third-order valence-corrected chi connectivity index (χ3v) is 4.67. The Balaban J connectivity index is 2.05. The van der Waals surface area contributed by atoms with Gasteiger partial charge in [-0.25, -0.2) is 4.79 Å². The lowest BCUT2D eigenvalue weighted by atomic mass is 9.98. The summed E-state index contributed by atoms with van der Waals surface area (Å²) in [6, 6.07) is 0.214. The summed E-state index contributed by atoms with van der Waals surface area (Å²) in [5.74, 6) is 0.0628. The van der Waals surface area contributed by atoms with E-state index in [-0.39, 0.29) is 17.9 Å². The summed E-state index contributed by atoms with van der Waals surface area (Å²) in [5, 5.41) is 0. The van der Waals surface area contributed by atoms with Crippen molar-refractivity contribution in [3.63, 3.8) is 0 Å². The fraction of sp³-hybridized carbons (Fsp3) is 0.636. The number of amides is 1. The first-order valence-electron chi connectivity index (χ1n) is 10.0. The highest BCUT2D eigenvalue weighted by Crippen LogP contribution is 2.22. The lowest BCUT2D eigenvalue weighted by Crippen LogP contribution is -2.41. The fourth-order valence-corrected chi connectivity index (χ4v) is 3.37. The van der Waals surface area contributed by atoms with E-state index in [2.05, 4.69) is 23.1 Å². The Labute approximate surface area is 163 Å². The van der Waals surface area contributed by atoms with Crippen LogP contribution < -0.4 is 0 Å². The number of nitrogens with zero attached hydrogens (tertiary/aromatic N) is 2. The predicted molar refractivity (Wildman–Crippen MR) is 108 cm³/mol. The molecule has 0 aliphatic carbocycles. The van der Waals surface area contributed by atoms with Gasteiger partial charge in [0, 0.05) is 25.8 Å². The van der Waals surface area contributed by atoms with E-state index in [9.17, 15) is 9.59 Å². The van der Waals surface area contributed by atoms with Gasteiger partial charge in [0.15, 0.2) is 5.78 Å². The summed E-state index contributed by atoms with van der Waals surface area (Å²) >= 11 is 0. The SMILES string of the molecule is CC(=O)/C=C/N1CCCC/C=C\[C@H]1CC1=CCCN(C(=O)OC(C)(C)C)C1. The van der Waals surface area contributed by atoms with Crippen molar-refractivity contribution in [1.29, 1.82) is 0 Å². The van der Waals surface area contributed by atoms with Crippen LogP contribution in [0.25, 0.3) is 0 Å².